The number of aromatic hydroxyl groups is 1. The van der Waals surface area contributed by atoms with Crippen LogP contribution >= 0.6 is 0 Å². The molecule has 1 amide bonds. The second-order valence-corrected chi connectivity index (χ2v) is 8.10. The first kappa shape index (κ1) is 22.5. The number of aryl methyl sites for hydroxylation is 1. The summed E-state index contributed by atoms with van der Waals surface area (Å²) in [5.41, 5.74) is 0.590. The molecule has 1 unspecified atom stereocenters. The summed E-state index contributed by atoms with van der Waals surface area (Å²) in [7, 11) is 1.43. The summed E-state index contributed by atoms with van der Waals surface area (Å²) in [4.78, 5) is 29.0. The first-order chi connectivity index (χ1) is 14.9. The van der Waals surface area contributed by atoms with Crippen molar-refractivity contribution in [2.75, 3.05) is 7.05 Å². The van der Waals surface area contributed by atoms with E-state index in [1.807, 2.05) is 6.07 Å². The third-order valence-corrected chi connectivity index (χ3v) is 5.83. The Labute approximate surface area is 181 Å². The van der Waals surface area contributed by atoms with Crippen LogP contribution in [-0.4, -0.2) is 37.4 Å². The van der Waals surface area contributed by atoms with Crippen molar-refractivity contribution in [2.24, 2.45) is 0 Å². The normalized spacial score (nSPS) is 13.3. The van der Waals surface area contributed by atoms with Crippen molar-refractivity contribution in [3.63, 3.8) is 0 Å². The van der Waals surface area contributed by atoms with Gasteiger partial charge < -0.3 is 15.0 Å². The molecule has 0 spiro atoms. The fraction of sp³-hybridized carbons (Fsp3) is 0.478. The smallest absolute Gasteiger partial charge is 0.275 e. The SMILES string of the molecule is CCCCC(CCC)(Cn1cc(O)c(=O)c(C(=O)NC)n1)n1cc(C)c2cccnc21. The van der Waals surface area contributed by atoms with Crippen LogP contribution in [-0.2, 0) is 12.1 Å². The van der Waals surface area contributed by atoms with Gasteiger partial charge in [0.05, 0.1) is 18.3 Å². The van der Waals surface area contributed by atoms with E-state index in [0.29, 0.717) is 6.54 Å². The van der Waals surface area contributed by atoms with Crippen molar-refractivity contribution >= 4 is 16.9 Å². The van der Waals surface area contributed by atoms with Crippen LogP contribution in [0.3, 0.4) is 0 Å². The summed E-state index contributed by atoms with van der Waals surface area (Å²) in [6.07, 6.45) is 9.94. The lowest BCUT2D eigenvalue weighted by Gasteiger charge is -2.36. The maximum atomic E-state index is 12.2. The number of hydrogen-bond donors (Lipinski definition) is 2. The molecule has 31 heavy (non-hydrogen) atoms. The number of hydrogen-bond acceptors (Lipinski definition) is 5. The van der Waals surface area contributed by atoms with Crippen LogP contribution in [0.2, 0.25) is 0 Å². The van der Waals surface area contributed by atoms with Crippen LogP contribution in [0.4, 0.5) is 0 Å². The van der Waals surface area contributed by atoms with Gasteiger partial charge in [-0.1, -0.05) is 33.1 Å². The Morgan fingerprint density at radius 2 is 2.00 bits per heavy atom. The first-order valence-electron chi connectivity index (χ1n) is 10.8. The standard InChI is InChI=1S/C23H31N5O3/c1-5-7-11-23(10-6-2,28-13-16(3)17-9-8-12-25-21(17)28)15-27-14-18(29)20(30)19(26-27)22(31)24-4/h8-9,12-14,29H,5-7,10-11,15H2,1-4H3,(H,24,31). The lowest BCUT2D eigenvalue weighted by Crippen LogP contribution is -2.40. The quantitative estimate of drug-likeness (QED) is 0.547. The number of carbonyl (C=O) groups excluding carboxylic acids is 1. The molecule has 3 aromatic heterocycles. The number of aromatic nitrogens is 4. The van der Waals surface area contributed by atoms with Crippen molar-refractivity contribution in [2.45, 2.75) is 65.0 Å². The largest absolute Gasteiger partial charge is 0.503 e. The van der Waals surface area contributed by atoms with Crippen LogP contribution in [0, 0.1) is 6.92 Å². The zero-order valence-corrected chi connectivity index (χ0v) is 18.7. The first-order valence-corrected chi connectivity index (χ1v) is 10.8. The van der Waals surface area contributed by atoms with E-state index in [9.17, 15) is 14.7 Å². The number of nitrogens with zero attached hydrogens (tertiary/aromatic N) is 4. The summed E-state index contributed by atoms with van der Waals surface area (Å²) >= 11 is 0. The fourth-order valence-electron chi connectivity index (χ4n) is 4.33. The Bertz CT molecular complexity index is 1130. The third-order valence-electron chi connectivity index (χ3n) is 5.83. The fourth-order valence-corrected chi connectivity index (χ4v) is 4.33. The molecule has 0 aliphatic heterocycles. The van der Waals surface area contributed by atoms with Crippen LogP contribution in [0.15, 0.2) is 35.5 Å². The predicted molar refractivity (Wildman–Crippen MR) is 120 cm³/mol. The van der Waals surface area contributed by atoms with Crippen LogP contribution < -0.4 is 10.7 Å². The molecule has 0 fully saturated rings. The van der Waals surface area contributed by atoms with Gasteiger partial charge in [0.15, 0.2) is 11.4 Å². The van der Waals surface area contributed by atoms with Crippen LogP contribution in [0.25, 0.3) is 11.0 Å². The molecule has 0 bridgehead atoms. The molecule has 8 heteroatoms. The van der Waals surface area contributed by atoms with Gasteiger partial charge in [0.1, 0.15) is 5.65 Å². The summed E-state index contributed by atoms with van der Waals surface area (Å²) in [5, 5.41) is 18.0. The molecule has 0 saturated heterocycles. The van der Waals surface area contributed by atoms with Crippen molar-refractivity contribution in [3.05, 3.63) is 52.2 Å². The van der Waals surface area contributed by atoms with E-state index < -0.39 is 17.1 Å². The molecular formula is C23H31N5O3. The highest BCUT2D eigenvalue weighted by atomic mass is 16.3. The Balaban J connectivity index is 2.19. The van der Waals surface area contributed by atoms with Gasteiger partial charge in [0.25, 0.3) is 11.3 Å². The highest BCUT2D eigenvalue weighted by Crippen LogP contribution is 2.35. The topological polar surface area (TPSA) is 102 Å². The number of carbonyl (C=O) groups is 1. The lowest BCUT2D eigenvalue weighted by atomic mass is 9.87. The summed E-state index contributed by atoms with van der Waals surface area (Å²) < 4.78 is 3.75. The highest BCUT2D eigenvalue weighted by molar-refractivity contribution is 5.92. The van der Waals surface area contributed by atoms with E-state index >= 15 is 0 Å². The predicted octanol–water partition coefficient (Wildman–Crippen LogP) is 3.35. The number of pyridine rings is 1. The van der Waals surface area contributed by atoms with E-state index in [-0.39, 0.29) is 11.2 Å². The number of rotatable bonds is 9. The monoisotopic (exact) mass is 425 g/mol. The Morgan fingerprint density at radius 1 is 1.23 bits per heavy atom. The number of fused-ring (bicyclic) bond motifs is 1. The van der Waals surface area contributed by atoms with Crippen molar-refractivity contribution in [3.8, 4) is 5.75 Å². The molecule has 1 atom stereocenters. The van der Waals surface area contributed by atoms with Gasteiger partial charge in [0, 0.05) is 24.8 Å². The van der Waals surface area contributed by atoms with Crippen LogP contribution in [0.1, 0.15) is 62.0 Å². The maximum absolute atomic E-state index is 12.2. The van der Waals surface area contributed by atoms with Crippen LogP contribution in [0.5, 0.6) is 5.75 Å². The van der Waals surface area contributed by atoms with Crippen molar-refractivity contribution < 1.29 is 9.90 Å². The molecule has 0 aliphatic rings. The average Bonchev–Trinajstić information content (AvgIpc) is 3.11. The molecule has 3 heterocycles. The van der Waals surface area contributed by atoms with Gasteiger partial charge >= 0.3 is 0 Å². The van der Waals surface area contributed by atoms with Gasteiger partial charge in [-0.2, -0.15) is 5.10 Å². The van der Waals surface area contributed by atoms with E-state index in [2.05, 4.69) is 53.0 Å². The molecule has 3 rings (SSSR count). The minimum Gasteiger partial charge on any atom is -0.503 e. The summed E-state index contributed by atoms with van der Waals surface area (Å²) in [5.74, 6) is -1.10. The average molecular weight is 426 g/mol. The van der Waals surface area contributed by atoms with E-state index in [0.717, 1.165) is 48.7 Å². The highest BCUT2D eigenvalue weighted by Gasteiger charge is 2.34. The van der Waals surface area contributed by atoms with Gasteiger partial charge in [0.2, 0.25) is 0 Å². The van der Waals surface area contributed by atoms with E-state index in [4.69, 9.17) is 0 Å². The maximum Gasteiger partial charge on any atom is 0.275 e. The van der Waals surface area contributed by atoms with E-state index in [1.165, 1.54) is 17.9 Å². The second-order valence-electron chi connectivity index (χ2n) is 8.10. The number of nitrogens with one attached hydrogen (secondary N) is 1. The molecule has 0 radical (unpaired) electrons. The third kappa shape index (κ3) is 4.33. The van der Waals surface area contributed by atoms with Gasteiger partial charge in [-0.25, -0.2) is 4.98 Å². The zero-order chi connectivity index (χ0) is 22.6. The Morgan fingerprint density at radius 3 is 2.68 bits per heavy atom. The molecule has 166 valence electrons. The summed E-state index contributed by atoms with van der Waals surface area (Å²) in [6.45, 7) is 6.77. The minimum absolute atomic E-state index is 0.310. The zero-order valence-electron chi connectivity index (χ0n) is 18.7. The lowest BCUT2D eigenvalue weighted by molar-refractivity contribution is 0.0951. The summed E-state index contributed by atoms with van der Waals surface area (Å²) in [6, 6.07) is 4.00. The molecule has 3 aromatic rings. The van der Waals surface area contributed by atoms with Gasteiger partial charge in [-0.15, -0.1) is 0 Å². The number of amides is 1. The van der Waals surface area contributed by atoms with Crippen molar-refractivity contribution in [1.29, 1.82) is 0 Å². The minimum atomic E-state index is -0.769. The molecule has 0 saturated carbocycles. The number of unbranched alkanes of at least 4 members (excludes halogenated alkanes) is 1. The molecule has 2 N–H and O–H groups in total. The van der Waals surface area contributed by atoms with Gasteiger partial charge in [-0.3, -0.25) is 14.3 Å². The Hall–Kier alpha value is -3.16. The molecular weight excluding hydrogens is 394 g/mol. The van der Waals surface area contributed by atoms with E-state index in [1.54, 1.807) is 6.20 Å². The Kier molecular flexibility index (Phi) is 6.77. The second kappa shape index (κ2) is 9.32. The molecule has 0 aliphatic carbocycles. The molecule has 8 nitrogen and oxygen atoms in total. The molecule has 0 aromatic carbocycles. The van der Waals surface area contributed by atoms with Gasteiger partial charge in [-0.05, 0) is 37.5 Å². The van der Waals surface area contributed by atoms with Crippen molar-refractivity contribution in [1.82, 2.24) is 24.6 Å².